The van der Waals surface area contributed by atoms with E-state index in [1.807, 2.05) is 0 Å². The van der Waals surface area contributed by atoms with Crippen LogP contribution in [-0.2, 0) is 0 Å². The SMILES string of the molecule is Cl.Nc1cc(Oc2ccc(F)c(F)c2)cc2c1OCCO2. The van der Waals surface area contributed by atoms with E-state index in [0.717, 1.165) is 12.1 Å². The van der Waals surface area contributed by atoms with Gasteiger partial charge in [0, 0.05) is 18.2 Å². The molecule has 21 heavy (non-hydrogen) atoms. The van der Waals surface area contributed by atoms with E-state index < -0.39 is 11.6 Å². The van der Waals surface area contributed by atoms with E-state index in [0.29, 0.717) is 36.1 Å². The fourth-order valence-corrected chi connectivity index (χ4v) is 1.89. The summed E-state index contributed by atoms with van der Waals surface area (Å²) < 4.78 is 42.2. The van der Waals surface area contributed by atoms with Crippen molar-refractivity contribution in [2.24, 2.45) is 0 Å². The highest BCUT2D eigenvalue weighted by molar-refractivity contribution is 5.85. The molecule has 112 valence electrons. The van der Waals surface area contributed by atoms with Gasteiger partial charge >= 0.3 is 0 Å². The molecule has 1 aliphatic rings. The minimum atomic E-state index is -0.979. The third-order valence-corrected chi connectivity index (χ3v) is 2.77. The van der Waals surface area contributed by atoms with Crippen molar-refractivity contribution >= 4 is 18.1 Å². The van der Waals surface area contributed by atoms with Crippen molar-refractivity contribution in [1.29, 1.82) is 0 Å². The van der Waals surface area contributed by atoms with Crippen molar-refractivity contribution in [3.63, 3.8) is 0 Å². The topological polar surface area (TPSA) is 53.7 Å². The van der Waals surface area contributed by atoms with Gasteiger partial charge in [0.15, 0.2) is 23.1 Å². The summed E-state index contributed by atoms with van der Waals surface area (Å²) in [6.45, 7) is 0.849. The predicted octanol–water partition coefficient (Wildman–Crippen LogP) is 3.53. The molecule has 0 atom stereocenters. The first kappa shape index (κ1) is 15.2. The monoisotopic (exact) mass is 315 g/mol. The van der Waals surface area contributed by atoms with Crippen LogP contribution in [0.15, 0.2) is 30.3 Å². The standard InChI is InChI=1S/C14H11F2NO3.ClH/c15-10-2-1-8(5-11(10)16)20-9-6-12(17)14-13(7-9)18-3-4-19-14;/h1-2,5-7H,3-4,17H2;1H. The van der Waals surface area contributed by atoms with Crippen molar-refractivity contribution in [1.82, 2.24) is 0 Å². The summed E-state index contributed by atoms with van der Waals surface area (Å²) in [4.78, 5) is 0. The highest BCUT2D eigenvalue weighted by Crippen LogP contribution is 2.40. The van der Waals surface area contributed by atoms with Crippen molar-refractivity contribution in [2.45, 2.75) is 0 Å². The number of halogens is 3. The molecule has 0 radical (unpaired) electrons. The summed E-state index contributed by atoms with van der Waals surface area (Å²) in [5, 5.41) is 0. The lowest BCUT2D eigenvalue weighted by Crippen LogP contribution is -2.16. The summed E-state index contributed by atoms with van der Waals surface area (Å²) in [6.07, 6.45) is 0. The second-order valence-electron chi connectivity index (χ2n) is 4.21. The fraction of sp³-hybridized carbons (Fsp3) is 0.143. The second kappa shape index (κ2) is 6.05. The zero-order chi connectivity index (χ0) is 14.1. The van der Waals surface area contributed by atoms with Gasteiger partial charge < -0.3 is 19.9 Å². The van der Waals surface area contributed by atoms with Gasteiger partial charge in [0.1, 0.15) is 24.7 Å². The van der Waals surface area contributed by atoms with Gasteiger partial charge in [-0.3, -0.25) is 0 Å². The number of hydrogen-bond donors (Lipinski definition) is 1. The lowest BCUT2D eigenvalue weighted by molar-refractivity contribution is 0.172. The molecule has 3 rings (SSSR count). The number of fused-ring (bicyclic) bond motifs is 1. The maximum Gasteiger partial charge on any atom is 0.184 e. The maximum absolute atomic E-state index is 13.1. The first-order valence-corrected chi connectivity index (χ1v) is 5.95. The molecule has 2 N–H and O–H groups in total. The lowest BCUT2D eigenvalue weighted by Gasteiger charge is -2.20. The molecule has 1 heterocycles. The number of anilines is 1. The molecule has 0 amide bonds. The summed E-state index contributed by atoms with van der Waals surface area (Å²) in [5.74, 6) is -0.451. The molecule has 0 spiro atoms. The van der Waals surface area contributed by atoms with E-state index in [2.05, 4.69) is 0 Å². The Morgan fingerprint density at radius 2 is 1.71 bits per heavy atom. The Morgan fingerprint density at radius 1 is 0.952 bits per heavy atom. The molecular formula is C14H12ClF2NO3. The van der Waals surface area contributed by atoms with E-state index in [9.17, 15) is 8.78 Å². The molecule has 4 nitrogen and oxygen atoms in total. The van der Waals surface area contributed by atoms with Crippen LogP contribution in [-0.4, -0.2) is 13.2 Å². The lowest BCUT2D eigenvalue weighted by atomic mass is 10.2. The average molecular weight is 316 g/mol. The molecule has 2 aromatic rings. The molecule has 1 aliphatic heterocycles. The summed E-state index contributed by atoms with van der Waals surface area (Å²) >= 11 is 0. The van der Waals surface area contributed by atoms with Gasteiger partial charge in [-0.2, -0.15) is 0 Å². The molecule has 2 aromatic carbocycles. The number of ether oxygens (including phenoxy) is 3. The van der Waals surface area contributed by atoms with Gasteiger partial charge in [0.05, 0.1) is 5.69 Å². The van der Waals surface area contributed by atoms with Gasteiger partial charge in [0.25, 0.3) is 0 Å². The second-order valence-corrected chi connectivity index (χ2v) is 4.21. The molecule has 0 aromatic heterocycles. The van der Waals surface area contributed by atoms with Crippen LogP contribution in [0, 0.1) is 11.6 Å². The number of nitrogens with two attached hydrogens (primary N) is 1. The number of nitrogen functional groups attached to an aromatic ring is 1. The normalized spacial score (nSPS) is 12.5. The quantitative estimate of drug-likeness (QED) is 0.861. The van der Waals surface area contributed by atoms with Crippen LogP contribution in [0.3, 0.4) is 0 Å². The Morgan fingerprint density at radius 3 is 2.48 bits per heavy atom. The molecule has 0 aliphatic carbocycles. The summed E-state index contributed by atoms with van der Waals surface area (Å²) in [6, 6.07) is 6.40. The predicted molar refractivity (Wildman–Crippen MR) is 75.5 cm³/mol. The van der Waals surface area contributed by atoms with Crippen LogP contribution in [0.5, 0.6) is 23.0 Å². The number of rotatable bonds is 2. The Hall–Kier alpha value is -2.21. The Bertz CT molecular complexity index is 667. The molecular weight excluding hydrogens is 304 g/mol. The van der Waals surface area contributed by atoms with Crippen LogP contribution in [0.1, 0.15) is 0 Å². The Labute approximate surface area is 125 Å². The zero-order valence-corrected chi connectivity index (χ0v) is 11.6. The maximum atomic E-state index is 13.1. The zero-order valence-electron chi connectivity index (χ0n) is 10.8. The van der Waals surface area contributed by atoms with Crippen LogP contribution < -0.4 is 19.9 Å². The molecule has 7 heteroatoms. The van der Waals surface area contributed by atoms with Gasteiger partial charge in [-0.25, -0.2) is 8.78 Å². The first-order chi connectivity index (χ1) is 9.63. The van der Waals surface area contributed by atoms with Gasteiger partial charge in [0.2, 0.25) is 0 Å². The Balaban J connectivity index is 0.00000161. The smallest absolute Gasteiger partial charge is 0.184 e. The molecule has 0 unspecified atom stereocenters. The fourth-order valence-electron chi connectivity index (χ4n) is 1.89. The number of benzene rings is 2. The van der Waals surface area contributed by atoms with Crippen molar-refractivity contribution in [3.05, 3.63) is 42.0 Å². The minimum Gasteiger partial charge on any atom is -0.486 e. The van der Waals surface area contributed by atoms with E-state index in [4.69, 9.17) is 19.9 Å². The molecule has 0 fully saturated rings. The minimum absolute atomic E-state index is 0. The van der Waals surface area contributed by atoms with Crippen LogP contribution >= 0.6 is 12.4 Å². The van der Waals surface area contributed by atoms with Crippen LogP contribution in [0.4, 0.5) is 14.5 Å². The van der Waals surface area contributed by atoms with Gasteiger partial charge in [-0.05, 0) is 12.1 Å². The molecule has 0 saturated carbocycles. The molecule has 0 saturated heterocycles. The highest BCUT2D eigenvalue weighted by Gasteiger charge is 2.17. The number of hydrogen-bond acceptors (Lipinski definition) is 4. The average Bonchev–Trinajstić information content (AvgIpc) is 2.43. The molecule has 0 bridgehead atoms. The van der Waals surface area contributed by atoms with E-state index in [1.165, 1.54) is 12.1 Å². The van der Waals surface area contributed by atoms with Crippen molar-refractivity contribution in [2.75, 3.05) is 18.9 Å². The Kier molecular flexibility index (Phi) is 4.37. The van der Waals surface area contributed by atoms with Crippen molar-refractivity contribution in [3.8, 4) is 23.0 Å². The first-order valence-electron chi connectivity index (χ1n) is 5.95. The van der Waals surface area contributed by atoms with Crippen LogP contribution in [0.2, 0.25) is 0 Å². The summed E-state index contributed by atoms with van der Waals surface area (Å²) in [5.41, 5.74) is 6.19. The van der Waals surface area contributed by atoms with Gasteiger partial charge in [-0.15, -0.1) is 12.4 Å². The summed E-state index contributed by atoms with van der Waals surface area (Å²) in [7, 11) is 0. The van der Waals surface area contributed by atoms with E-state index >= 15 is 0 Å². The largest absolute Gasteiger partial charge is 0.486 e. The van der Waals surface area contributed by atoms with Crippen LogP contribution in [0.25, 0.3) is 0 Å². The van der Waals surface area contributed by atoms with E-state index in [-0.39, 0.29) is 18.2 Å². The third kappa shape index (κ3) is 3.11. The van der Waals surface area contributed by atoms with Gasteiger partial charge in [-0.1, -0.05) is 0 Å². The highest BCUT2D eigenvalue weighted by atomic mass is 35.5. The van der Waals surface area contributed by atoms with E-state index in [1.54, 1.807) is 6.07 Å². The third-order valence-electron chi connectivity index (χ3n) is 2.77. The van der Waals surface area contributed by atoms with Crippen molar-refractivity contribution < 1.29 is 23.0 Å².